The van der Waals surface area contributed by atoms with Crippen LogP contribution >= 0.6 is 23.2 Å². The fourth-order valence-corrected chi connectivity index (χ4v) is 4.22. The number of hydrogen-bond acceptors (Lipinski definition) is 3. The number of fused-ring (bicyclic) bond motifs is 1. The van der Waals surface area contributed by atoms with Crippen LogP contribution in [0, 0.1) is 5.92 Å². The van der Waals surface area contributed by atoms with E-state index in [-0.39, 0.29) is 17.3 Å². The molecule has 0 saturated heterocycles. The second-order valence-corrected chi connectivity index (χ2v) is 9.92. The normalized spacial score (nSPS) is 17.1. The SMILES string of the molecule is C/C=C(\C)c1nc(/C=C/c2ccc(OC)cc2)n2c1C(C)N(CC(C)C)C(=O)C2.CC(Cl)/C=C/Cl. The summed E-state index contributed by atoms with van der Waals surface area (Å²) < 4.78 is 7.30. The zero-order valence-corrected chi connectivity index (χ0v) is 23.3. The van der Waals surface area contributed by atoms with Crippen molar-refractivity contribution in [3.8, 4) is 5.75 Å². The highest BCUT2D eigenvalue weighted by molar-refractivity contribution is 6.27. The van der Waals surface area contributed by atoms with Crippen LogP contribution < -0.4 is 4.74 Å². The van der Waals surface area contributed by atoms with Crippen molar-refractivity contribution < 1.29 is 9.53 Å². The highest BCUT2D eigenvalue weighted by Gasteiger charge is 2.34. The van der Waals surface area contributed by atoms with Crippen LogP contribution in [-0.2, 0) is 11.3 Å². The first-order valence-corrected chi connectivity index (χ1v) is 12.8. The number of rotatable bonds is 7. The van der Waals surface area contributed by atoms with Crippen LogP contribution in [0.5, 0.6) is 5.75 Å². The van der Waals surface area contributed by atoms with Gasteiger partial charge in [0.1, 0.15) is 18.1 Å². The quantitative estimate of drug-likeness (QED) is 0.359. The minimum atomic E-state index is -0.000753. The van der Waals surface area contributed by atoms with E-state index in [1.165, 1.54) is 5.54 Å². The van der Waals surface area contributed by atoms with Crippen LogP contribution in [0.15, 0.2) is 42.0 Å². The first-order chi connectivity index (χ1) is 16.6. The number of ether oxygens (including phenoxy) is 1. The van der Waals surface area contributed by atoms with E-state index in [0.29, 0.717) is 12.5 Å². The van der Waals surface area contributed by atoms with E-state index in [0.717, 1.165) is 40.6 Å². The fourth-order valence-electron chi connectivity index (χ4n) is 3.86. The molecule has 2 atom stereocenters. The van der Waals surface area contributed by atoms with Crippen LogP contribution in [0.25, 0.3) is 17.7 Å². The van der Waals surface area contributed by atoms with E-state index >= 15 is 0 Å². The van der Waals surface area contributed by atoms with Crippen LogP contribution in [0.2, 0.25) is 0 Å². The van der Waals surface area contributed by atoms with Gasteiger partial charge in [-0.15, -0.1) is 11.6 Å². The number of imidazole rings is 1. The predicted octanol–water partition coefficient (Wildman–Crippen LogP) is 7.41. The molecule has 0 spiro atoms. The predicted molar refractivity (Wildman–Crippen MR) is 149 cm³/mol. The molecule has 35 heavy (non-hydrogen) atoms. The minimum Gasteiger partial charge on any atom is -0.497 e. The van der Waals surface area contributed by atoms with Crippen molar-refractivity contribution in [2.45, 2.75) is 59.5 Å². The molecule has 2 unspecified atom stereocenters. The molecule has 0 saturated carbocycles. The van der Waals surface area contributed by atoms with Gasteiger partial charge in [-0.2, -0.15) is 0 Å². The number of aromatic nitrogens is 2. The van der Waals surface area contributed by atoms with Crippen LogP contribution in [0.3, 0.4) is 0 Å². The first kappa shape index (κ1) is 28.7. The van der Waals surface area contributed by atoms with Crippen molar-refractivity contribution in [1.29, 1.82) is 0 Å². The average Bonchev–Trinajstić information content (AvgIpc) is 3.18. The van der Waals surface area contributed by atoms with Crippen LogP contribution in [-0.4, -0.2) is 39.4 Å². The van der Waals surface area contributed by atoms with Gasteiger partial charge < -0.3 is 14.2 Å². The van der Waals surface area contributed by atoms with Gasteiger partial charge in [0.2, 0.25) is 5.91 Å². The van der Waals surface area contributed by atoms with Gasteiger partial charge >= 0.3 is 0 Å². The van der Waals surface area contributed by atoms with E-state index in [9.17, 15) is 4.79 Å². The van der Waals surface area contributed by atoms with Gasteiger partial charge in [0.05, 0.1) is 24.5 Å². The summed E-state index contributed by atoms with van der Waals surface area (Å²) in [7, 11) is 1.66. The molecule has 0 N–H and O–H groups in total. The summed E-state index contributed by atoms with van der Waals surface area (Å²) in [6, 6.07) is 7.88. The Hall–Kier alpha value is -2.50. The van der Waals surface area contributed by atoms with Gasteiger partial charge in [-0.25, -0.2) is 4.98 Å². The molecule has 5 nitrogen and oxygen atoms in total. The number of alkyl halides is 1. The number of methoxy groups -OCH3 is 1. The van der Waals surface area contributed by atoms with Crippen molar-refractivity contribution in [2.24, 2.45) is 5.92 Å². The molecule has 1 aliphatic heterocycles. The number of hydrogen-bond donors (Lipinski definition) is 0. The Balaban J connectivity index is 0.000000641. The first-order valence-electron chi connectivity index (χ1n) is 11.9. The maximum absolute atomic E-state index is 12.9. The third-order valence-corrected chi connectivity index (χ3v) is 6.05. The molecular weight excluding hydrogens is 481 g/mol. The van der Waals surface area contributed by atoms with E-state index in [4.69, 9.17) is 32.9 Å². The molecule has 7 heteroatoms. The summed E-state index contributed by atoms with van der Waals surface area (Å²) in [6.07, 6.45) is 7.80. The second-order valence-electron chi connectivity index (χ2n) is 8.98. The molecule has 0 bridgehead atoms. The third kappa shape index (κ3) is 7.74. The van der Waals surface area contributed by atoms with Crippen molar-refractivity contribution in [2.75, 3.05) is 13.7 Å². The Morgan fingerprint density at radius 1 is 1.23 bits per heavy atom. The summed E-state index contributed by atoms with van der Waals surface area (Å²) in [5, 5.41) is 0.0579. The maximum atomic E-state index is 12.9. The summed E-state index contributed by atoms with van der Waals surface area (Å²) in [4.78, 5) is 19.8. The molecule has 0 fully saturated rings. The van der Waals surface area contributed by atoms with Gasteiger partial charge in [-0.3, -0.25) is 4.79 Å². The van der Waals surface area contributed by atoms with E-state index in [2.05, 4.69) is 38.3 Å². The number of amides is 1. The average molecular weight is 519 g/mol. The molecule has 2 heterocycles. The largest absolute Gasteiger partial charge is 0.497 e. The van der Waals surface area contributed by atoms with Crippen LogP contribution in [0.4, 0.5) is 0 Å². The van der Waals surface area contributed by atoms with Crippen molar-refractivity contribution in [1.82, 2.24) is 14.5 Å². The number of nitrogens with zero attached hydrogens (tertiary/aromatic N) is 3. The Kier molecular flexibility index (Phi) is 11.1. The monoisotopic (exact) mass is 517 g/mol. The molecule has 1 aromatic heterocycles. The molecule has 1 aromatic carbocycles. The minimum absolute atomic E-state index is 0.000753. The topological polar surface area (TPSA) is 47.4 Å². The molecule has 2 aromatic rings. The Labute approximate surface area is 220 Å². The summed E-state index contributed by atoms with van der Waals surface area (Å²) in [5.74, 6) is 2.23. The molecular formula is C28H37Cl2N3O2. The number of halogens is 2. The van der Waals surface area contributed by atoms with Crippen molar-refractivity contribution >= 4 is 46.8 Å². The Morgan fingerprint density at radius 3 is 2.37 bits per heavy atom. The zero-order valence-electron chi connectivity index (χ0n) is 21.8. The van der Waals surface area contributed by atoms with Crippen molar-refractivity contribution in [3.05, 3.63) is 64.7 Å². The molecule has 3 rings (SSSR count). The second kappa shape index (κ2) is 13.6. The maximum Gasteiger partial charge on any atom is 0.243 e. The van der Waals surface area contributed by atoms with Crippen LogP contribution in [0.1, 0.15) is 70.4 Å². The lowest BCUT2D eigenvalue weighted by molar-refractivity contribution is -0.136. The lowest BCUT2D eigenvalue weighted by Gasteiger charge is -2.36. The smallest absolute Gasteiger partial charge is 0.243 e. The van der Waals surface area contributed by atoms with Gasteiger partial charge in [0, 0.05) is 17.5 Å². The molecule has 0 radical (unpaired) electrons. The fraction of sp³-hybridized carbons (Fsp3) is 0.429. The van der Waals surface area contributed by atoms with Crippen molar-refractivity contribution in [3.63, 3.8) is 0 Å². The third-order valence-electron chi connectivity index (χ3n) is 5.76. The van der Waals surface area contributed by atoms with E-state index in [1.807, 2.05) is 55.2 Å². The van der Waals surface area contributed by atoms with Gasteiger partial charge in [0.15, 0.2) is 0 Å². The Morgan fingerprint density at radius 2 is 1.89 bits per heavy atom. The van der Waals surface area contributed by atoms with E-state index in [1.54, 1.807) is 13.2 Å². The lowest BCUT2D eigenvalue weighted by Crippen LogP contribution is -2.43. The number of carbonyl (C=O) groups excluding carboxylic acids is 1. The molecule has 0 aliphatic carbocycles. The zero-order chi connectivity index (χ0) is 26.1. The molecule has 1 amide bonds. The number of benzene rings is 1. The lowest BCUT2D eigenvalue weighted by atomic mass is 10.0. The van der Waals surface area contributed by atoms with Gasteiger partial charge in [-0.05, 0) is 63.0 Å². The molecule has 190 valence electrons. The highest BCUT2D eigenvalue weighted by Crippen LogP contribution is 2.34. The molecule has 1 aliphatic rings. The summed E-state index contributed by atoms with van der Waals surface area (Å²) in [6.45, 7) is 13.4. The number of allylic oxidation sites excluding steroid dienone is 3. The standard InChI is InChI=1S/C24H31N3O2.C4H6Cl2/c1-7-17(4)23-24-18(5)26(14-16(2)3)22(28)15-27(24)21(25-23)13-10-19-8-11-20(29-6)12-9-19;1-4(6)2-3-5/h7-13,16,18H,14-15H2,1-6H3;2-4H,1H3/b13-10+,17-7+;3-2+. The summed E-state index contributed by atoms with van der Waals surface area (Å²) in [5.41, 5.74) is 5.70. The highest BCUT2D eigenvalue weighted by atomic mass is 35.5. The Bertz CT molecular complexity index is 1070. The van der Waals surface area contributed by atoms with E-state index < -0.39 is 0 Å². The number of carbonyl (C=O) groups is 1. The summed E-state index contributed by atoms with van der Waals surface area (Å²) >= 11 is 10.5. The van der Waals surface area contributed by atoms with Gasteiger partial charge in [-0.1, -0.05) is 55.8 Å². The van der Waals surface area contributed by atoms with Gasteiger partial charge in [0.25, 0.3) is 0 Å².